The predicted octanol–water partition coefficient (Wildman–Crippen LogP) is 4.16. The fourth-order valence-corrected chi connectivity index (χ4v) is 1.53. The molecule has 0 fully saturated rings. The van der Waals surface area contributed by atoms with Crippen LogP contribution in [0.25, 0.3) is 6.08 Å². The van der Waals surface area contributed by atoms with Crippen LogP contribution in [0.15, 0.2) is 55.1 Å². The summed E-state index contributed by atoms with van der Waals surface area (Å²) in [5.74, 6) is -0.0263. The van der Waals surface area contributed by atoms with Gasteiger partial charge in [-0.05, 0) is 42.0 Å². The molecule has 0 aromatic heterocycles. The normalized spacial score (nSPS) is 11.1. The number of hydrogen-bond acceptors (Lipinski definition) is 2. The number of rotatable bonds is 4. The molecule has 98 valence electrons. The minimum Gasteiger partial charge on any atom is -0.508 e. The average molecular weight is 262 g/mol. The molecule has 4 heteroatoms. The first kappa shape index (κ1) is 13.1. The molecule has 0 atom stereocenters. The Hall–Kier alpha value is -2.36. The Morgan fingerprint density at radius 1 is 1.00 bits per heavy atom. The lowest BCUT2D eigenvalue weighted by atomic mass is 10.1. The van der Waals surface area contributed by atoms with Crippen molar-refractivity contribution in [1.82, 2.24) is 0 Å². The van der Waals surface area contributed by atoms with Crippen molar-refractivity contribution in [3.8, 4) is 11.5 Å². The fraction of sp³-hybridized carbons (Fsp3) is 0.0667. The zero-order valence-electron chi connectivity index (χ0n) is 10.0. The maximum Gasteiger partial charge on any atom is 0.426 e. The van der Waals surface area contributed by atoms with E-state index >= 15 is 0 Å². The number of phenolic OH excluding ortho intramolecular Hbond substituents is 1. The van der Waals surface area contributed by atoms with Gasteiger partial charge in [0.25, 0.3) is 0 Å². The van der Waals surface area contributed by atoms with Crippen molar-refractivity contribution in [3.63, 3.8) is 0 Å². The third-order valence-electron chi connectivity index (χ3n) is 2.57. The Kier molecular flexibility index (Phi) is 3.51. The van der Waals surface area contributed by atoms with Gasteiger partial charge >= 0.3 is 6.11 Å². The zero-order chi connectivity index (χ0) is 13.9. The lowest BCUT2D eigenvalue weighted by Crippen LogP contribution is -2.21. The lowest BCUT2D eigenvalue weighted by molar-refractivity contribution is -0.185. The number of ether oxygens (including phenoxy) is 1. The highest BCUT2D eigenvalue weighted by molar-refractivity contribution is 5.47. The van der Waals surface area contributed by atoms with E-state index in [0.717, 1.165) is 5.56 Å². The molecule has 0 bridgehead atoms. The molecular formula is C15H12F2O2. The van der Waals surface area contributed by atoms with Crippen LogP contribution in [0.4, 0.5) is 8.78 Å². The largest absolute Gasteiger partial charge is 0.508 e. The molecule has 0 amide bonds. The minimum absolute atomic E-state index is 0.00833. The summed E-state index contributed by atoms with van der Waals surface area (Å²) in [7, 11) is 0. The Labute approximate surface area is 109 Å². The number of phenols is 1. The fourth-order valence-electron chi connectivity index (χ4n) is 1.53. The van der Waals surface area contributed by atoms with Gasteiger partial charge in [0.05, 0.1) is 5.56 Å². The molecule has 0 aliphatic heterocycles. The summed E-state index contributed by atoms with van der Waals surface area (Å²) in [5.41, 5.74) is 0.510. The molecular weight excluding hydrogens is 250 g/mol. The molecule has 0 aliphatic carbocycles. The first-order valence-corrected chi connectivity index (χ1v) is 5.60. The molecule has 0 heterocycles. The highest BCUT2D eigenvalue weighted by Crippen LogP contribution is 2.32. The maximum absolute atomic E-state index is 13.9. The molecule has 0 spiro atoms. The summed E-state index contributed by atoms with van der Waals surface area (Å²) in [6.07, 6.45) is -1.86. The molecule has 0 saturated carbocycles. The van der Waals surface area contributed by atoms with Crippen LogP contribution in [0.1, 0.15) is 11.1 Å². The Morgan fingerprint density at radius 3 is 2.11 bits per heavy atom. The van der Waals surface area contributed by atoms with Crippen LogP contribution >= 0.6 is 0 Å². The summed E-state index contributed by atoms with van der Waals surface area (Å²) in [6, 6.07) is 10.8. The second-order valence-corrected chi connectivity index (χ2v) is 3.94. The quantitative estimate of drug-likeness (QED) is 0.896. The number of aromatic hydroxyl groups is 1. The minimum atomic E-state index is -3.43. The van der Waals surface area contributed by atoms with Gasteiger partial charge < -0.3 is 9.84 Å². The third kappa shape index (κ3) is 3.10. The summed E-state index contributed by atoms with van der Waals surface area (Å²) in [4.78, 5) is 0. The molecule has 0 aliphatic rings. The maximum atomic E-state index is 13.9. The van der Waals surface area contributed by atoms with Gasteiger partial charge in [0.2, 0.25) is 0 Å². The van der Waals surface area contributed by atoms with E-state index in [1.165, 1.54) is 48.5 Å². The molecule has 1 N–H and O–H groups in total. The van der Waals surface area contributed by atoms with E-state index in [-0.39, 0.29) is 17.1 Å². The van der Waals surface area contributed by atoms with E-state index in [9.17, 15) is 8.78 Å². The predicted molar refractivity (Wildman–Crippen MR) is 69.2 cm³/mol. The Balaban J connectivity index is 2.20. The van der Waals surface area contributed by atoms with Crippen LogP contribution in [0.2, 0.25) is 0 Å². The van der Waals surface area contributed by atoms with Crippen molar-refractivity contribution in [2.45, 2.75) is 6.11 Å². The average Bonchev–Trinajstić information content (AvgIpc) is 2.41. The van der Waals surface area contributed by atoms with Crippen LogP contribution in [-0.2, 0) is 6.11 Å². The number of alkyl halides is 2. The second kappa shape index (κ2) is 5.10. The van der Waals surface area contributed by atoms with E-state index in [4.69, 9.17) is 5.11 Å². The van der Waals surface area contributed by atoms with Crippen molar-refractivity contribution < 1.29 is 18.6 Å². The molecule has 0 unspecified atom stereocenters. The van der Waals surface area contributed by atoms with Gasteiger partial charge in [-0.25, -0.2) is 0 Å². The molecule has 2 aromatic carbocycles. The van der Waals surface area contributed by atoms with Gasteiger partial charge in [-0.1, -0.05) is 24.8 Å². The van der Waals surface area contributed by atoms with Crippen LogP contribution in [0.5, 0.6) is 11.5 Å². The number of benzene rings is 2. The monoisotopic (exact) mass is 262 g/mol. The van der Waals surface area contributed by atoms with Gasteiger partial charge in [0, 0.05) is 0 Å². The highest BCUT2D eigenvalue weighted by Gasteiger charge is 2.34. The van der Waals surface area contributed by atoms with Crippen LogP contribution in [0.3, 0.4) is 0 Å². The van der Waals surface area contributed by atoms with Crippen LogP contribution in [-0.4, -0.2) is 5.11 Å². The first-order chi connectivity index (χ1) is 9.01. The first-order valence-electron chi connectivity index (χ1n) is 5.60. The zero-order valence-corrected chi connectivity index (χ0v) is 10.0. The Bertz CT molecular complexity index is 560. The Morgan fingerprint density at radius 2 is 1.58 bits per heavy atom. The second-order valence-electron chi connectivity index (χ2n) is 3.94. The summed E-state index contributed by atoms with van der Waals surface area (Å²) < 4.78 is 32.4. The van der Waals surface area contributed by atoms with Crippen molar-refractivity contribution in [3.05, 3.63) is 66.2 Å². The molecule has 19 heavy (non-hydrogen) atoms. The third-order valence-corrected chi connectivity index (χ3v) is 2.57. The molecule has 0 radical (unpaired) electrons. The van der Waals surface area contributed by atoms with Crippen molar-refractivity contribution in [2.75, 3.05) is 0 Å². The topological polar surface area (TPSA) is 29.5 Å². The standard InChI is InChI=1S/C15H12F2O2/c1-2-11-3-5-12(6-4-11)15(16,17)19-14-9-7-13(18)8-10-14/h2-10,18H,1H2. The van der Waals surface area contributed by atoms with Gasteiger partial charge in [-0.3, -0.25) is 0 Å². The van der Waals surface area contributed by atoms with E-state index in [1.54, 1.807) is 6.08 Å². The summed E-state index contributed by atoms with van der Waals surface area (Å²) in [6.45, 7) is 3.56. The van der Waals surface area contributed by atoms with Gasteiger partial charge in [-0.2, -0.15) is 8.78 Å². The molecule has 2 nitrogen and oxygen atoms in total. The highest BCUT2D eigenvalue weighted by atomic mass is 19.3. The lowest BCUT2D eigenvalue weighted by Gasteiger charge is -2.18. The van der Waals surface area contributed by atoms with Crippen molar-refractivity contribution >= 4 is 6.08 Å². The van der Waals surface area contributed by atoms with Gasteiger partial charge in [-0.15, -0.1) is 0 Å². The smallest absolute Gasteiger partial charge is 0.426 e. The number of halogens is 2. The van der Waals surface area contributed by atoms with Crippen molar-refractivity contribution in [1.29, 1.82) is 0 Å². The van der Waals surface area contributed by atoms with Crippen molar-refractivity contribution in [2.24, 2.45) is 0 Å². The van der Waals surface area contributed by atoms with Gasteiger partial charge in [0.15, 0.2) is 0 Å². The van der Waals surface area contributed by atoms with Crippen LogP contribution < -0.4 is 4.74 Å². The van der Waals surface area contributed by atoms with E-state index in [0.29, 0.717) is 0 Å². The van der Waals surface area contributed by atoms with Crippen LogP contribution in [0, 0.1) is 0 Å². The summed E-state index contributed by atoms with van der Waals surface area (Å²) in [5, 5.41) is 9.08. The SMILES string of the molecule is C=Cc1ccc(C(F)(F)Oc2ccc(O)cc2)cc1. The van der Waals surface area contributed by atoms with E-state index < -0.39 is 6.11 Å². The van der Waals surface area contributed by atoms with E-state index in [1.807, 2.05) is 0 Å². The molecule has 0 saturated heterocycles. The van der Waals surface area contributed by atoms with E-state index in [2.05, 4.69) is 11.3 Å². The molecule has 2 aromatic rings. The summed E-state index contributed by atoms with van der Waals surface area (Å²) >= 11 is 0. The molecule has 2 rings (SSSR count). The van der Waals surface area contributed by atoms with Gasteiger partial charge in [0.1, 0.15) is 11.5 Å². The number of hydrogen-bond donors (Lipinski definition) is 1.